The number of sulfonamides is 1. The SMILES string of the molecule is CC1CCCN1S(=O)(=O)c1cc(CO)sc1Br. The smallest absolute Gasteiger partial charge is 0.245 e. The molecule has 1 saturated heterocycles. The van der Waals surface area contributed by atoms with Crippen LogP contribution in [0.3, 0.4) is 0 Å². The van der Waals surface area contributed by atoms with Crippen LogP contribution in [0.5, 0.6) is 0 Å². The monoisotopic (exact) mass is 339 g/mol. The average Bonchev–Trinajstić information content (AvgIpc) is 2.84. The van der Waals surface area contributed by atoms with Crippen molar-refractivity contribution in [2.45, 2.75) is 37.3 Å². The Kier molecular flexibility index (Phi) is 3.94. The lowest BCUT2D eigenvalue weighted by Gasteiger charge is -2.20. The van der Waals surface area contributed by atoms with Crippen molar-refractivity contribution in [2.75, 3.05) is 6.54 Å². The second-order valence-electron chi connectivity index (χ2n) is 4.12. The highest BCUT2D eigenvalue weighted by molar-refractivity contribution is 9.11. The van der Waals surface area contributed by atoms with Crippen molar-refractivity contribution in [3.05, 3.63) is 14.7 Å². The molecule has 2 heterocycles. The van der Waals surface area contributed by atoms with Gasteiger partial charge in [0.15, 0.2) is 0 Å². The van der Waals surface area contributed by atoms with Gasteiger partial charge in [-0.05, 0) is 41.8 Å². The van der Waals surface area contributed by atoms with Crippen molar-refractivity contribution in [3.63, 3.8) is 0 Å². The number of halogens is 1. The van der Waals surface area contributed by atoms with Crippen LogP contribution in [0.15, 0.2) is 14.7 Å². The summed E-state index contributed by atoms with van der Waals surface area (Å²) in [5.74, 6) is 0. The minimum Gasteiger partial charge on any atom is -0.391 e. The third-order valence-corrected chi connectivity index (χ3v) is 7.19. The predicted molar refractivity (Wildman–Crippen MR) is 70.5 cm³/mol. The van der Waals surface area contributed by atoms with Gasteiger partial charge in [0.2, 0.25) is 10.0 Å². The number of hydrogen-bond acceptors (Lipinski definition) is 4. The van der Waals surface area contributed by atoms with Crippen LogP contribution < -0.4 is 0 Å². The fourth-order valence-corrected chi connectivity index (χ4v) is 6.24. The second kappa shape index (κ2) is 4.97. The Bertz CT molecular complexity index is 512. The van der Waals surface area contributed by atoms with E-state index in [9.17, 15) is 8.42 Å². The summed E-state index contributed by atoms with van der Waals surface area (Å²) in [4.78, 5) is 0.933. The highest BCUT2D eigenvalue weighted by atomic mass is 79.9. The molecule has 0 spiro atoms. The van der Waals surface area contributed by atoms with Gasteiger partial charge in [0.1, 0.15) is 4.90 Å². The molecule has 17 heavy (non-hydrogen) atoms. The van der Waals surface area contributed by atoms with Crippen LogP contribution in [0.4, 0.5) is 0 Å². The Morgan fingerprint density at radius 2 is 2.35 bits per heavy atom. The van der Waals surface area contributed by atoms with Crippen molar-refractivity contribution >= 4 is 37.3 Å². The summed E-state index contributed by atoms with van der Waals surface area (Å²) in [6.45, 7) is 2.38. The number of aliphatic hydroxyl groups excluding tert-OH is 1. The Balaban J connectivity index is 2.40. The molecule has 96 valence electrons. The van der Waals surface area contributed by atoms with Crippen LogP contribution in [0, 0.1) is 0 Å². The fraction of sp³-hybridized carbons (Fsp3) is 0.600. The fourth-order valence-electron chi connectivity index (χ4n) is 2.04. The lowest BCUT2D eigenvalue weighted by molar-refractivity contribution is 0.285. The van der Waals surface area contributed by atoms with Crippen LogP contribution in [-0.4, -0.2) is 30.4 Å². The maximum absolute atomic E-state index is 12.4. The van der Waals surface area contributed by atoms with Gasteiger partial charge in [-0.25, -0.2) is 8.42 Å². The molecule has 1 aliphatic rings. The Hall–Kier alpha value is 0.0500. The lowest BCUT2D eigenvalue weighted by atomic mass is 10.3. The highest BCUT2D eigenvalue weighted by Gasteiger charge is 2.34. The van der Waals surface area contributed by atoms with E-state index in [-0.39, 0.29) is 17.5 Å². The first-order chi connectivity index (χ1) is 7.96. The molecule has 7 heteroatoms. The number of nitrogens with zero attached hydrogens (tertiary/aromatic N) is 1. The summed E-state index contributed by atoms with van der Waals surface area (Å²) in [5.41, 5.74) is 0. The molecule has 0 aliphatic carbocycles. The molecule has 1 unspecified atom stereocenters. The zero-order chi connectivity index (χ0) is 12.6. The third kappa shape index (κ3) is 2.44. The summed E-state index contributed by atoms with van der Waals surface area (Å²) < 4.78 is 26.9. The first-order valence-electron chi connectivity index (χ1n) is 5.37. The maximum Gasteiger partial charge on any atom is 0.245 e. The predicted octanol–water partition coefficient (Wildman–Crippen LogP) is 2.18. The normalized spacial score (nSPS) is 22.2. The van der Waals surface area contributed by atoms with Gasteiger partial charge in [-0.2, -0.15) is 4.31 Å². The zero-order valence-corrected chi connectivity index (χ0v) is 12.6. The molecule has 1 fully saturated rings. The van der Waals surface area contributed by atoms with Gasteiger partial charge in [0.25, 0.3) is 0 Å². The van der Waals surface area contributed by atoms with Crippen LogP contribution in [0.1, 0.15) is 24.6 Å². The second-order valence-corrected chi connectivity index (χ2v) is 8.43. The minimum absolute atomic E-state index is 0.0596. The molecular weight excluding hydrogens is 326 g/mol. The largest absolute Gasteiger partial charge is 0.391 e. The van der Waals surface area contributed by atoms with Gasteiger partial charge in [-0.3, -0.25) is 0 Å². The van der Waals surface area contributed by atoms with E-state index in [1.807, 2.05) is 6.92 Å². The molecule has 0 saturated carbocycles. The van der Waals surface area contributed by atoms with E-state index in [0.717, 1.165) is 12.8 Å². The third-order valence-electron chi connectivity index (χ3n) is 2.94. The van der Waals surface area contributed by atoms with E-state index in [0.29, 0.717) is 15.2 Å². The van der Waals surface area contributed by atoms with Crippen molar-refractivity contribution < 1.29 is 13.5 Å². The Labute approximate surface area is 113 Å². The topological polar surface area (TPSA) is 57.6 Å². The van der Waals surface area contributed by atoms with Crippen LogP contribution >= 0.6 is 27.3 Å². The van der Waals surface area contributed by atoms with E-state index in [4.69, 9.17) is 5.11 Å². The molecule has 2 rings (SSSR count). The highest BCUT2D eigenvalue weighted by Crippen LogP contribution is 2.35. The molecule has 1 aromatic rings. The summed E-state index contributed by atoms with van der Waals surface area (Å²) in [6.07, 6.45) is 1.82. The molecule has 1 aliphatic heterocycles. The molecule has 4 nitrogen and oxygen atoms in total. The summed E-state index contributed by atoms with van der Waals surface area (Å²) in [5, 5.41) is 9.04. The van der Waals surface area contributed by atoms with Crippen molar-refractivity contribution in [1.82, 2.24) is 4.31 Å². The van der Waals surface area contributed by atoms with Crippen molar-refractivity contribution in [1.29, 1.82) is 0 Å². The Morgan fingerprint density at radius 1 is 1.65 bits per heavy atom. The number of hydrogen-bond donors (Lipinski definition) is 1. The zero-order valence-electron chi connectivity index (χ0n) is 9.39. The molecule has 0 aromatic carbocycles. The van der Waals surface area contributed by atoms with Crippen molar-refractivity contribution in [3.8, 4) is 0 Å². The van der Waals surface area contributed by atoms with Gasteiger partial charge in [0, 0.05) is 17.5 Å². The van der Waals surface area contributed by atoms with E-state index in [2.05, 4.69) is 15.9 Å². The van der Waals surface area contributed by atoms with E-state index >= 15 is 0 Å². The first kappa shape index (κ1) is 13.5. The molecular formula is C10H14BrNO3S2. The average molecular weight is 340 g/mol. The molecule has 0 amide bonds. The Morgan fingerprint density at radius 3 is 2.82 bits per heavy atom. The van der Waals surface area contributed by atoms with Crippen LogP contribution in [0.2, 0.25) is 0 Å². The van der Waals surface area contributed by atoms with Gasteiger partial charge in [-0.1, -0.05) is 0 Å². The molecule has 0 radical (unpaired) electrons. The summed E-state index contributed by atoms with van der Waals surface area (Å²) in [7, 11) is -3.42. The minimum atomic E-state index is -3.42. The van der Waals surface area contributed by atoms with Crippen LogP contribution in [0.25, 0.3) is 0 Å². The van der Waals surface area contributed by atoms with E-state index < -0.39 is 10.0 Å². The standard InChI is InChI=1S/C10H14BrNO3S2/c1-7-3-2-4-12(7)17(14,15)9-5-8(6-13)16-10(9)11/h5,7,13H,2-4,6H2,1H3. The molecule has 1 atom stereocenters. The molecule has 1 N–H and O–H groups in total. The molecule has 1 aromatic heterocycles. The molecule has 0 bridgehead atoms. The summed E-state index contributed by atoms with van der Waals surface area (Å²) in [6, 6.07) is 1.61. The van der Waals surface area contributed by atoms with Gasteiger partial charge < -0.3 is 5.11 Å². The van der Waals surface area contributed by atoms with Gasteiger partial charge in [0.05, 0.1) is 10.4 Å². The quantitative estimate of drug-likeness (QED) is 0.918. The van der Waals surface area contributed by atoms with Gasteiger partial charge in [-0.15, -0.1) is 11.3 Å². The van der Waals surface area contributed by atoms with Crippen molar-refractivity contribution in [2.24, 2.45) is 0 Å². The van der Waals surface area contributed by atoms with E-state index in [1.54, 1.807) is 10.4 Å². The summed E-state index contributed by atoms with van der Waals surface area (Å²) >= 11 is 4.52. The van der Waals surface area contributed by atoms with Crippen LogP contribution in [-0.2, 0) is 16.6 Å². The van der Waals surface area contributed by atoms with E-state index in [1.165, 1.54) is 11.3 Å². The number of aliphatic hydroxyl groups is 1. The van der Waals surface area contributed by atoms with Gasteiger partial charge >= 0.3 is 0 Å². The lowest BCUT2D eigenvalue weighted by Crippen LogP contribution is -2.33. The maximum atomic E-state index is 12.4. The first-order valence-corrected chi connectivity index (χ1v) is 8.42. The number of thiophene rings is 1. The number of rotatable bonds is 3.